The number of amides is 1. The lowest BCUT2D eigenvalue weighted by Crippen LogP contribution is -2.37. The first-order chi connectivity index (χ1) is 11.8. The van der Waals surface area contributed by atoms with Gasteiger partial charge in [0.2, 0.25) is 0 Å². The molecule has 0 spiro atoms. The molecule has 0 saturated carbocycles. The summed E-state index contributed by atoms with van der Waals surface area (Å²) in [6.07, 6.45) is 3.22. The highest BCUT2D eigenvalue weighted by molar-refractivity contribution is 7.89. The molecule has 1 saturated heterocycles. The summed E-state index contributed by atoms with van der Waals surface area (Å²) in [6, 6.07) is 0. The van der Waals surface area contributed by atoms with E-state index in [4.69, 9.17) is 0 Å². The largest absolute Gasteiger partial charge is 0.337 e. The van der Waals surface area contributed by atoms with Gasteiger partial charge in [0.05, 0.1) is 23.8 Å². The fourth-order valence-corrected chi connectivity index (χ4v) is 4.47. The van der Waals surface area contributed by atoms with E-state index in [9.17, 15) is 13.2 Å². The van der Waals surface area contributed by atoms with Gasteiger partial charge in [0, 0.05) is 38.9 Å². The normalized spacial score (nSPS) is 16.8. The maximum Gasteiger partial charge on any atom is 0.260 e. The van der Waals surface area contributed by atoms with Crippen LogP contribution in [0, 0.1) is 13.8 Å². The van der Waals surface area contributed by atoms with Gasteiger partial charge < -0.3 is 9.88 Å². The number of carbonyl (C=O) groups excluding carboxylic acids is 1. The highest BCUT2D eigenvalue weighted by atomic mass is 32.2. The van der Waals surface area contributed by atoms with Crippen LogP contribution < -0.4 is 0 Å². The van der Waals surface area contributed by atoms with Crippen LogP contribution in [0.1, 0.15) is 28.2 Å². The van der Waals surface area contributed by atoms with E-state index in [1.54, 1.807) is 16.6 Å². The van der Waals surface area contributed by atoms with Crippen molar-refractivity contribution in [2.24, 2.45) is 7.05 Å². The van der Waals surface area contributed by atoms with Crippen LogP contribution in [0.3, 0.4) is 0 Å². The average molecular weight is 366 g/mol. The van der Waals surface area contributed by atoms with Gasteiger partial charge >= 0.3 is 0 Å². The molecule has 3 rings (SSSR count). The fourth-order valence-electron chi connectivity index (χ4n) is 3.10. The first kappa shape index (κ1) is 17.6. The topological polar surface area (TPSA) is 104 Å². The van der Waals surface area contributed by atoms with E-state index in [2.05, 4.69) is 15.1 Å². The molecule has 1 aliphatic rings. The summed E-state index contributed by atoms with van der Waals surface area (Å²) in [5.41, 5.74) is 2.11. The molecule has 1 amide bonds. The van der Waals surface area contributed by atoms with Gasteiger partial charge in [-0.05, 0) is 20.3 Å². The zero-order valence-corrected chi connectivity index (χ0v) is 15.4. The summed E-state index contributed by atoms with van der Waals surface area (Å²) in [6.45, 7) is 5.16. The predicted molar refractivity (Wildman–Crippen MR) is 90.5 cm³/mol. The quantitative estimate of drug-likeness (QED) is 0.841. The number of hydrogen-bond donors (Lipinski definition) is 1. The second-order valence-electron chi connectivity index (χ2n) is 6.14. The van der Waals surface area contributed by atoms with Crippen LogP contribution in [0.5, 0.6) is 0 Å². The molecular formula is C15H22N6O3S. The van der Waals surface area contributed by atoms with Crippen molar-refractivity contribution >= 4 is 15.9 Å². The van der Waals surface area contributed by atoms with E-state index in [0.717, 1.165) is 5.69 Å². The van der Waals surface area contributed by atoms with Crippen LogP contribution in [0.4, 0.5) is 0 Å². The van der Waals surface area contributed by atoms with Crippen molar-refractivity contribution < 1.29 is 13.2 Å². The van der Waals surface area contributed by atoms with E-state index in [0.29, 0.717) is 37.3 Å². The van der Waals surface area contributed by atoms with Gasteiger partial charge in [0.15, 0.2) is 5.03 Å². The molecule has 0 bridgehead atoms. The van der Waals surface area contributed by atoms with E-state index in [1.165, 1.54) is 16.8 Å². The Hall–Kier alpha value is -2.20. The zero-order valence-electron chi connectivity index (χ0n) is 14.6. The lowest BCUT2D eigenvalue weighted by Gasteiger charge is -2.21. The summed E-state index contributed by atoms with van der Waals surface area (Å²) in [5.74, 6) is -0.0936. The smallest absolute Gasteiger partial charge is 0.260 e. The van der Waals surface area contributed by atoms with E-state index >= 15 is 0 Å². The SMILES string of the molecule is Cc1nn(C)c(C)c1C(=O)N1CCCN(S(=O)(=O)c2cnc[nH]2)CC1. The Morgan fingerprint density at radius 3 is 2.56 bits per heavy atom. The van der Waals surface area contributed by atoms with Gasteiger partial charge in [-0.1, -0.05) is 0 Å². The van der Waals surface area contributed by atoms with Crippen molar-refractivity contribution in [3.8, 4) is 0 Å². The molecule has 0 atom stereocenters. The first-order valence-electron chi connectivity index (χ1n) is 8.10. The molecule has 0 aromatic carbocycles. The molecule has 1 aliphatic heterocycles. The van der Waals surface area contributed by atoms with Crippen molar-refractivity contribution in [3.63, 3.8) is 0 Å². The molecule has 25 heavy (non-hydrogen) atoms. The minimum atomic E-state index is -3.61. The Balaban J connectivity index is 1.77. The van der Waals surface area contributed by atoms with Gasteiger partial charge in [0.1, 0.15) is 0 Å². The van der Waals surface area contributed by atoms with E-state index in [1.807, 2.05) is 13.8 Å². The molecule has 0 aliphatic carbocycles. The predicted octanol–water partition coefficient (Wildman–Crippen LogP) is 0.297. The summed E-state index contributed by atoms with van der Waals surface area (Å²) in [7, 11) is -1.80. The number of aromatic amines is 1. The van der Waals surface area contributed by atoms with Crippen LogP contribution in [-0.2, 0) is 17.1 Å². The van der Waals surface area contributed by atoms with Gasteiger partial charge in [-0.3, -0.25) is 9.48 Å². The molecular weight excluding hydrogens is 344 g/mol. The molecule has 136 valence electrons. The maximum absolute atomic E-state index is 12.9. The fraction of sp³-hybridized carbons (Fsp3) is 0.533. The molecule has 10 heteroatoms. The Morgan fingerprint density at radius 2 is 1.96 bits per heavy atom. The lowest BCUT2D eigenvalue weighted by atomic mass is 10.1. The number of aryl methyl sites for hydroxylation is 2. The average Bonchev–Trinajstić information content (AvgIpc) is 3.09. The number of aromatic nitrogens is 4. The van der Waals surface area contributed by atoms with Crippen LogP contribution in [0.2, 0.25) is 0 Å². The Kier molecular flexibility index (Phi) is 4.65. The molecule has 2 aromatic heterocycles. The zero-order chi connectivity index (χ0) is 18.2. The summed E-state index contributed by atoms with van der Waals surface area (Å²) in [5, 5.41) is 4.36. The Morgan fingerprint density at radius 1 is 1.20 bits per heavy atom. The van der Waals surface area contributed by atoms with Crippen LogP contribution in [0.25, 0.3) is 0 Å². The second kappa shape index (κ2) is 6.60. The van der Waals surface area contributed by atoms with Gasteiger partial charge in [-0.15, -0.1) is 0 Å². The van der Waals surface area contributed by atoms with Crippen molar-refractivity contribution in [1.82, 2.24) is 29.0 Å². The van der Waals surface area contributed by atoms with Crippen molar-refractivity contribution in [2.75, 3.05) is 26.2 Å². The maximum atomic E-state index is 12.9. The minimum absolute atomic E-state index is 0.0752. The van der Waals surface area contributed by atoms with Gasteiger partial charge in [-0.25, -0.2) is 13.4 Å². The highest BCUT2D eigenvalue weighted by Gasteiger charge is 2.30. The van der Waals surface area contributed by atoms with E-state index in [-0.39, 0.29) is 17.5 Å². The second-order valence-corrected chi connectivity index (χ2v) is 8.04. The van der Waals surface area contributed by atoms with Crippen LogP contribution in [0.15, 0.2) is 17.6 Å². The number of carbonyl (C=O) groups is 1. The molecule has 3 heterocycles. The third-order valence-electron chi connectivity index (χ3n) is 4.56. The van der Waals surface area contributed by atoms with Crippen molar-refractivity contribution in [3.05, 3.63) is 29.5 Å². The van der Waals surface area contributed by atoms with Crippen molar-refractivity contribution in [1.29, 1.82) is 0 Å². The summed E-state index contributed by atoms with van der Waals surface area (Å²) >= 11 is 0. The highest BCUT2D eigenvalue weighted by Crippen LogP contribution is 2.19. The monoisotopic (exact) mass is 366 g/mol. The number of imidazole rings is 1. The molecule has 0 unspecified atom stereocenters. The summed E-state index contributed by atoms with van der Waals surface area (Å²) in [4.78, 5) is 21.0. The van der Waals surface area contributed by atoms with E-state index < -0.39 is 10.0 Å². The standard InChI is InChI=1S/C15H22N6O3S/c1-11-14(12(2)19(3)18-11)15(22)20-5-4-6-21(8-7-20)25(23,24)13-9-16-10-17-13/h9-10H,4-8H2,1-3H3,(H,16,17). The number of nitrogens with one attached hydrogen (secondary N) is 1. The molecule has 1 fully saturated rings. The number of H-pyrrole nitrogens is 1. The number of hydrogen-bond acceptors (Lipinski definition) is 5. The first-order valence-corrected chi connectivity index (χ1v) is 9.54. The van der Waals surface area contributed by atoms with Crippen LogP contribution in [-0.4, -0.2) is 69.5 Å². The number of rotatable bonds is 3. The Labute approximate surface area is 146 Å². The third-order valence-corrected chi connectivity index (χ3v) is 6.38. The van der Waals surface area contributed by atoms with Gasteiger partial charge in [0.25, 0.3) is 15.9 Å². The lowest BCUT2D eigenvalue weighted by molar-refractivity contribution is 0.0762. The summed E-state index contributed by atoms with van der Waals surface area (Å²) < 4.78 is 28.3. The van der Waals surface area contributed by atoms with Gasteiger partial charge in [-0.2, -0.15) is 9.40 Å². The molecule has 0 radical (unpaired) electrons. The molecule has 2 aromatic rings. The van der Waals surface area contributed by atoms with Crippen molar-refractivity contribution in [2.45, 2.75) is 25.3 Å². The molecule has 9 nitrogen and oxygen atoms in total. The van der Waals surface area contributed by atoms with Crippen LogP contribution >= 0.6 is 0 Å². The Bertz CT molecular complexity index is 871. The third kappa shape index (κ3) is 3.19. The minimum Gasteiger partial charge on any atom is -0.337 e. The number of sulfonamides is 1. The number of nitrogens with zero attached hydrogens (tertiary/aromatic N) is 5. The molecule has 1 N–H and O–H groups in total.